The molecule has 0 unspecified atom stereocenters. The molecule has 104 valence electrons. The predicted molar refractivity (Wildman–Crippen MR) is 80.6 cm³/mol. The smallest absolute Gasteiger partial charge is 0.277 e. The van der Waals surface area contributed by atoms with Crippen LogP contribution in [0.1, 0.15) is 5.69 Å². The molecular weight excluding hydrogens is 290 g/mol. The topological polar surface area (TPSA) is 84.3 Å². The molecule has 5 nitrogen and oxygen atoms in total. The fourth-order valence-corrected chi connectivity index (χ4v) is 3.15. The molecule has 6 heteroatoms. The number of hydrogen-bond donors (Lipinski definition) is 1. The number of hydrogen-bond acceptors (Lipinski definition) is 6. The van der Waals surface area contributed by atoms with Crippen molar-refractivity contribution in [2.24, 2.45) is 0 Å². The quantitative estimate of drug-likeness (QED) is 0.724. The van der Waals surface area contributed by atoms with Crippen molar-refractivity contribution in [2.45, 2.75) is 6.92 Å². The van der Waals surface area contributed by atoms with Crippen LogP contribution in [0.4, 0.5) is 0 Å². The highest BCUT2D eigenvalue weighted by atomic mass is 32.1. The monoisotopic (exact) mass is 299 g/mol. The number of aryl methyl sites for hydroxylation is 1. The van der Waals surface area contributed by atoms with E-state index in [4.69, 9.17) is 0 Å². The molecule has 1 N–H and O–H groups in total. The first kappa shape index (κ1) is 13.4. The SMILES string of the molecule is Cc1cc(-c2ccc(-c3c(O)c(=O)c(=O)c3=O)s2)ccn1. The van der Waals surface area contributed by atoms with Gasteiger partial charge < -0.3 is 5.11 Å². The zero-order valence-corrected chi connectivity index (χ0v) is 11.7. The Hall–Kier alpha value is -2.60. The third-order valence-electron chi connectivity index (χ3n) is 3.12. The minimum absolute atomic E-state index is 0.202. The molecule has 0 bridgehead atoms. The summed E-state index contributed by atoms with van der Waals surface area (Å²) in [4.78, 5) is 39.8. The molecule has 0 spiro atoms. The van der Waals surface area contributed by atoms with Crippen molar-refractivity contribution in [3.63, 3.8) is 0 Å². The maximum Gasteiger partial charge on any atom is 0.277 e. The average molecular weight is 299 g/mol. The van der Waals surface area contributed by atoms with Gasteiger partial charge in [0.1, 0.15) is 0 Å². The van der Waals surface area contributed by atoms with E-state index in [-0.39, 0.29) is 5.56 Å². The van der Waals surface area contributed by atoms with Crippen molar-refractivity contribution >= 4 is 11.3 Å². The summed E-state index contributed by atoms with van der Waals surface area (Å²) in [6.45, 7) is 1.87. The number of pyridine rings is 1. The van der Waals surface area contributed by atoms with Gasteiger partial charge in [0.25, 0.3) is 10.9 Å². The molecule has 0 aliphatic carbocycles. The summed E-state index contributed by atoms with van der Waals surface area (Å²) < 4.78 is 0. The van der Waals surface area contributed by atoms with Crippen LogP contribution < -0.4 is 16.3 Å². The fraction of sp³-hybridized carbons (Fsp3) is 0.0667. The zero-order valence-electron chi connectivity index (χ0n) is 10.9. The number of aromatic nitrogens is 1. The standard InChI is InChI=1S/C15H9NO4S/c1-7-6-8(4-5-16-7)9-2-3-10(21-9)11-12(17)14(19)15(20)13(11)18/h2-6,17H,1H3. The highest BCUT2D eigenvalue weighted by Gasteiger charge is 2.21. The third-order valence-corrected chi connectivity index (χ3v) is 4.28. The van der Waals surface area contributed by atoms with Gasteiger partial charge >= 0.3 is 0 Å². The lowest BCUT2D eigenvalue weighted by molar-refractivity contribution is 0.474. The van der Waals surface area contributed by atoms with Gasteiger partial charge in [-0.3, -0.25) is 19.4 Å². The van der Waals surface area contributed by atoms with E-state index in [2.05, 4.69) is 4.98 Å². The van der Waals surface area contributed by atoms with Crippen LogP contribution in [0.2, 0.25) is 0 Å². The Bertz CT molecular complexity index is 980. The van der Waals surface area contributed by atoms with Crippen molar-refractivity contribution in [3.05, 3.63) is 66.8 Å². The second-order valence-electron chi connectivity index (χ2n) is 4.56. The summed E-state index contributed by atoms with van der Waals surface area (Å²) in [5, 5.41) is 9.66. The Balaban J connectivity index is 2.16. The van der Waals surface area contributed by atoms with Crippen molar-refractivity contribution in [1.29, 1.82) is 0 Å². The van der Waals surface area contributed by atoms with Crippen LogP contribution in [-0.2, 0) is 0 Å². The molecule has 2 heterocycles. The van der Waals surface area contributed by atoms with Crippen LogP contribution in [0.15, 0.2) is 44.8 Å². The Kier molecular flexibility index (Phi) is 3.03. The largest absolute Gasteiger partial charge is 0.503 e. The summed E-state index contributed by atoms with van der Waals surface area (Å²) >= 11 is 1.23. The lowest BCUT2D eigenvalue weighted by atomic mass is 10.2. The number of nitrogens with zero attached hydrogens (tertiary/aromatic N) is 1. The summed E-state index contributed by atoms with van der Waals surface area (Å²) in [5.74, 6) is -0.760. The Labute approximate surface area is 122 Å². The highest BCUT2D eigenvalue weighted by Crippen LogP contribution is 2.35. The first-order valence-corrected chi connectivity index (χ1v) is 6.90. The fourth-order valence-electron chi connectivity index (χ4n) is 2.10. The maximum atomic E-state index is 11.7. The predicted octanol–water partition coefficient (Wildman–Crippen LogP) is 1.45. The van der Waals surface area contributed by atoms with E-state index in [0.29, 0.717) is 4.88 Å². The molecule has 0 aliphatic heterocycles. The summed E-state index contributed by atoms with van der Waals surface area (Å²) in [7, 11) is 0. The molecule has 0 saturated carbocycles. The van der Waals surface area contributed by atoms with Gasteiger partial charge in [-0.25, -0.2) is 0 Å². The summed E-state index contributed by atoms with van der Waals surface area (Å²) in [6, 6.07) is 7.10. The van der Waals surface area contributed by atoms with Gasteiger partial charge in [-0.05, 0) is 36.8 Å². The summed E-state index contributed by atoms with van der Waals surface area (Å²) in [6.07, 6.45) is 1.68. The Morgan fingerprint density at radius 1 is 1.00 bits per heavy atom. The minimum atomic E-state index is -1.18. The van der Waals surface area contributed by atoms with Gasteiger partial charge in [0, 0.05) is 21.6 Å². The van der Waals surface area contributed by atoms with Gasteiger partial charge in [0.15, 0.2) is 5.75 Å². The molecule has 0 amide bonds. The van der Waals surface area contributed by atoms with Crippen LogP contribution in [0.3, 0.4) is 0 Å². The molecule has 3 rings (SSSR count). The molecule has 0 saturated heterocycles. The Morgan fingerprint density at radius 2 is 1.71 bits per heavy atom. The van der Waals surface area contributed by atoms with Gasteiger partial charge in [-0.15, -0.1) is 11.3 Å². The lowest BCUT2D eigenvalue weighted by Crippen LogP contribution is -2.29. The number of rotatable bonds is 2. The van der Waals surface area contributed by atoms with Crippen LogP contribution in [0.25, 0.3) is 20.9 Å². The molecule has 1 aromatic carbocycles. The lowest BCUT2D eigenvalue weighted by Gasteiger charge is -1.97. The van der Waals surface area contributed by atoms with Crippen LogP contribution >= 0.6 is 11.3 Å². The van der Waals surface area contributed by atoms with E-state index >= 15 is 0 Å². The third kappa shape index (κ3) is 2.09. The van der Waals surface area contributed by atoms with E-state index in [1.807, 2.05) is 19.1 Å². The molecule has 0 aliphatic rings. The van der Waals surface area contributed by atoms with E-state index in [0.717, 1.165) is 16.1 Å². The first-order chi connectivity index (χ1) is 9.99. The van der Waals surface area contributed by atoms with Gasteiger partial charge in [0.2, 0.25) is 5.43 Å². The normalized spacial score (nSPS) is 10.9. The van der Waals surface area contributed by atoms with Crippen LogP contribution in [0, 0.1) is 6.92 Å². The molecule has 2 aromatic heterocycles. The molecular formula is C15H9NO4S. The zero-order chi connectivity index (χ0) is 15.1. The van der Waals surface area contributed by atoms with Crippen molar-refractivity contribution < 1.29 is 5.11 Å². The van der Waals surface area contributed by atoms with Crippen molar-refractivity contribution in [2.75, 3.05) is 0 Å². The second kappa shape index (κ2) is 4.75. The second-order valence-corrected chi connectivity index (χ2v) is 5.64. The highest BCUT2D eigenvalue weighted by molar-refractivity contribution is 7.18. The molecule has 0 fully saturated rings. The average Bonchev–Trinajstić information content (AvgIpc) is 3.01. The molecule has 0 radical (unpaired) electrons. The molecule has 3 aromatic rings. The summed E-state index contributed by atoms with van der Waals surface area (Å²) in [5.41, 5.74) is -1.69. The van der Waals surface area contributed by atoms with Crippen molar-refractivity contribution in [3.8, 4) is 26.6 Å². The van der Waals surface area contributed by atoms with E-state index in [1.54, 1.807) is 18.3 Å². The molecule has 21 heavy (non-hydrogen) atoms. The van der Waals surface area contributed by atoms with E-state index in [9.17, 15) is 19.5 Å². The van der Waals surface area contributed by atoms with Gasteiger partial charge in [0.05, 0.1) is 5.56 Å². The first-order valence-electron chi connectivity index (χ1n) is 6.09. The van der Waals surface area contributed by atoms with Crippen molar-refractivity contribution in [1.82, 2.24) is 4.98 Å². The maximum absolute atomic E-state index is 11.7. The molecule has 0 atom stereocenters. The Morgan fingerprint density at radius 3 is 2.33 bits per heavy atom. The number of thiophene rings is 1. The van der Waals surface area contributed by atoms with Gasteiger partial charge in [-0.2, -0.15) is 0 Å². The van der Waals surface area contributed by atoms with Crippen LogP contribution in [-0.4, -0.2) is 10.1 Å². The van der Waals surface area contributed by atoms with Crippen LogP contribution in [0.5, 0.6) is 5.75 Å². The minimum Gasteiger partial charge on any atom is -0.503 e. The number of aromatic hydroxyl groups is 1. The van der Waals surface area contributed by atoms with E-state index in [1.165, 1.54) is 11.3 Å². The van der Waals surface area contributed by atoms with Gasteiger partial charge in [-0.1, -0.05) is 0 Å². The van der Waals surface area contributed by atoms with E-state index < -0.39 is 22.0 Å².